The van der Waals surface area contributed by atoms with E-state index in [2.05, 4.69) is 14.8 Å². The van der Waals surface area contributed by atoms with Crippen LogP contribution < -0.4 is 0 Å². The summed E-state index contributed by atoms with van der Waals surface area (Å²) in [6, 6.07) is 0. The normalized spacial score (nSPS) is 23.4. The van der Waals surface area contributed by atoms with Gasteiger partial charge in [-0.3, -0.25) is 9.20 Å². The molecule has 2 aromatic heterocycles. The van der Waals surface area contributed by atoms with Gasteiger partial charge in [0.1, 0.15) is 0 Å². The largest absolute Gasteiger partial charge is 0.347 e. The van der Waals surface area contributed by atoms with Crippen molar-refractivity contribution >= 4 is 22.2 Å². The minimum absolute atomic E-state index is 0.159. The number of carbonyl (C=O) groups is 1. The number of piperidine rings is 1. The summed E-state index contributed by atoms with van der Waals surface area (Å²) in [7, 11) is 0. The molecule has 4 heterocycles. The summed E-state index contributed by atoms with van der Waals surface area (Å²) in [5, 5.41) is 2.10. The van der Waals surface area contributed by atoms with E-state index < -0.39 is 5.79 Å². The molecular weight excluding hydrogens is 326 g/mol. The Labute approximate surface area is 145 Å². The molecule has 0 N–H and O–H groups in total. The molecule has 0 aliphatic carbocycles. The molecule has 130 valence electrons. The Hall–Kier alpha value is -1.44. The molecule has 1 atom stereocenters. The fraction of sp³-hybridized carbons (Fsp3) is 0.647. The van der Waals surface area contributed by atoms with Crippen molar-refractivity contribution in [1.82, 2.24) is 14.3 Å². The molecule has 0 aromatic carbocycles. The highest BCUT2D eigenvalue weighted by atomic mass is 32.1. The zero-order valence-electron chi connectivity index (χ0n) is 14.2. The second kappa shape index (κ2) is 6.13. The highest BCUT2D eigenvalue weighted by Gasteiger charge is 2.43. The molecule has 1 unspecified atom stereocenters. The predicted molar refractivity (Wildman–Crippen MR) is 91.2 cm³/mol. The van der Waals surface area contributed by atoms with Crippen molar-refractivity contribution in [3.63, 3.8) is 0 Å². The van der Waals surface area contributed by atoms with Crippen LogP contribution in [0.3, 0.4) is 0 Å². The first-order chi connectivity index (χ1) is 11.5. The first kappa shape index (κ1) is 16.1. The van der Waals surface area contributed by atoms with Crippen molar-refractivity contribution in [2.24, 2.45) is 0 Å². The summed E-state index contributed by atoms with van der Waals surface area (Å²) >= 11 is 1.63. The number of hydrogen-bond donors (Lipinski definition) is 0. The number of likely N-dealkylation sites (tertiary alicyclic amines) is 1. The molecule has 7 heteroatoms. The number of fused-ring (bicyclic) bond motifs is 1. The lowest BCUT2D eigenvalue weighted by molar-refractivity contribution is -0.194. The van der Waals surface area contributed by atoms with Crippen molar-refractivity contribution in [2.75, 3.05) is 19.7 Å². The van der Waals surface area contributed by atoms with E-state index >= 15 is 0 Å². The number of thiazole rings is 1. The number of aryl methyl sites for hydroxylation is 2. The Morgan fingerprint density at radius 1 is 1.46 bits per heavy atom. The number of amides is 1. The number of rotatable bonds is 3. The third kappa shape index (κ3) is 2.96. The summed E-state index contributed by atoms with van der Waals surface area (Å²) < 4.78 is 13.8. The van der Waals surface area contributed by atoms with Gasteiger partial charge in [-0.1, -0.05) is 0 Å². The van der Waals surface area contributed by atoms with Crippen molar-refractivity contribution in [2.45, 2.75) is 51.4 Å². The molecule has 1 spiro atoms. The van der Waals surface area contributed by atoms with Gasteiger partial charge in [-0.15, -0.1) is 11.3 Å². The standard InChI is InChI=1S/C17H23N3O3S/c1-12-9-20-14(11-24-16(20)18-12)3-4-15(21)19-7-5-17(6-8-19)22-10-13(2)23-17/h9,11,13H,3-8,10H2,1-2H3. The van der Waals surface area contributed by atoms with Gasteiger partial charge in [-0.25, -0.2) is 4.98 Å². The van der Waals surface area contributed by atoms with E-state index in [-0.39, 0.29) is 12.0 Å². The van der Waals surface area contributed by atoms with Crippen LogP contribution in [0.5, 0.6) is 0 Å². The van der Waals surface area contributed by atoms with E-state index in [1.54, 1.807) is 11.3 Å². The topological polar surface area (TPSA) is 56.1 Å². The third-order valence-electron chi connectivity index (χ3n) is 4.87. The molecule has 2 aliphatic heterocycles. The lowest BCUT2D eigenvalue weighted by Crippen LogP contribution is -2.47. The van der Waals surface area contributed by atoms with Crippen molar-refractivity contribution in [3.8, 4) is 0 Å². The molecule has 4 rings (SSSR count). The summed E-state index contributed by atoms with van der Waals surface area (Å²) in [5.41, 5.74) is 2.18. The number of aromatic nitrogens is 2. The Balaban J connectivity index is 1.32. The van der Waals surface area contributed by atoms with Crippen molar-refractivity contribution < 1.29 is 14.3 Å². The van der Waals surface area contributed by atoms with Gasteiger partial charge in [0.05, 0.1) is 18.4 Å². The lowest BCUT2D eigenvalue weighted by Gasteiger charge is -2.37. The van der Waals surface area contributed by atoms with Crippen LogP contribution in [-0.4, -0.2) is 51.8 Å². The Bertz CT molecular complexity index is 745. The minimum Gasteiger partial charge on any atom is -0.347 e. The average molecular weight is 349 g/mol. The molecule has 2 fully saturated rings. The molecule has 2 aliphatic rings. The van der Waals surface area contributed by atoms with Crippen molar-refractivity contribution in [3.05, 3.63) is 23.0 Å². The van der Waals surface area contributed by atoms with E-state index in [0.29, 0.717) is 13.0 Å². The minimum atomic E-state index is -0.440. The van der Waals surface area contributed by atoms with Crippen LogP contribution in [0.4, 0.5) is 0 Å². The summed E-state index contributed by atoms with van der Waals surface area (Å²) in [5.74, 6) is -0.226. The molecule has 1 amide bonds. The monoisotopic (exact) mass is 349 g/mol. The van der Waals surface area contributed by atoms with Gasteiger partial charge in [0, 0.05) is 49.6 Å². The maximum absolute atomic E-state index is 12.5. The number of carbonyl (C=O) groups excluding carboxylic acids is 1. The smallest absolute Gasteiger partial charge is 0.222 e. The number of imidazole rings is 1. The zero-order chi connectivity index (χ0) is 16.7. The fourth-order valence-electron chi connectivity index (χ4n) is 3.58. The van der Waals surface area contributed by atoms with Gasteiger partial charge in [0.15, 0.2) is 10.7 Å². The Morgan fingerprint density at radius 3 is 2.96 bits per heavy atom. The maximum atomic E-state index is 12.5. The fourth-order valence-corrected chi connectivity index (χ4v) is 4.53. The van der Waals surface area contributed by atoms with Crippen LogP contribution in [0.1, 0.15) is 37.6 Å². The highest BCUT2D eigenvalue weighted by Crippen LogP contribution is 2.34. The van der Waals surface area contributed by atoms with Gasteiger partial charge >= 0.3 is 0 Å². The van der Waals surface area contributed by atoms with E-state index in [9.17, 15) is 4.79 Å². The second-order valence-corrected chi connectivity index (χ2v) is 7.63. The summed E-state index contributed by atoms with van der Waals surface area (Å²) in [6.45, 7) is 6.12. The van der Waals surface area contributed by atoms with Gasteiger partial charge < -0.3 is 14.4 Å². The molecule has 0 saturated carbocycles. The van der Waals surface area contributed by atoms with Crippen LogP contribution in [0.25, 0.3) is 4.96 Å². The zero-order valence-corrected chi connectivity index (χ0v) is 15.0. The van der Waals surface area contributed by atoms with E-state index in [0.717, 1.165) is 48.7 Å². The summed E-state index contributed by atoms with van der Waals surface area (Å²) in [6.07, 6.45) is 5.02. The lowest BCUT2D eigenvalue weighted by atomic mass is 10.0. The second-order valence-electron chi connectivity index (χ2n) is 6.79. The van der Waals surface area contributed by atoms with Crippen LogP contribution in [-0.2, 0) is 20.7 Å². The van der Waals surface area contributed by atoms with Crippen LogP contribution in [0, 0.1) is 6.92 Å². The Kier molecular flexibility index (Phi) is 4.10. The Morgan fingerprint density at radius 2 is 2.25 bits per heavy atom. The number of hydrogen-bond acceptors (Lipinski definition) is 5. The van der Waals surface area contributed by atoms with Gasteiger partial charge in [0.2, 0.25) is 5.91 Å². The summed E-state index contributed by atoms with van der Waals surface area (Å²) in [4.78, 5) is 19.9. The number of nitrogens with zero attached hydrogens (tertiary/aromatic N) is 3. The van der Waals surface area contributed by atoms with Crippen molar-refractivity contribution in [1.29, 1.82) is 0 Å². The van der Waals surface area contributed by atoms with Crippen LogP contribution >= 0.6 is 11.3 Å². The van der Waals surface area contributed by atoms with E-state index in [1.165, 1.54) is 0 Å². The van der Waals surface area contributed by atoms with E-state index in [1.807, 2.05) is 24.9 Å². The first-order valence-corrected chi connectivity index (χ1v) is 9.44. The maximum Gasteiger partial charge on any atom is 0.222 e. The highest BCUT2D eigenvalue weighted by molar-refractivity contribution is 7.15. The van der Waals surface area contributed by atoms with Crippen LogP contribution in [0.2, 0.25) is 0 Å². The van der Waals surface area contributed by atoms with Gasteiger partial charge in [0.25, 0.3) is 0 Å². The molecule has 24 heavy (non-hydrogen) atoms. The average Bonchev–Trinajstić information content (AvgIpc) is 3.21. The molecule has 0 bridgehead atoms. The molecule has 0 radical (unpaired) electrons. The SMILES string of the molecule is Cc1cn2c(CCC(=O)N3CCC4(CC3)OCC(C)O4)csc2n1. The van der Waals surface area contributed by atoms with Crippen LogP contribution in [0.15, 0.2) is 11.6 Å². The quantitative estimate of drug-likeness (QED) is 0.854. The van der Waals surface area contributed by atoms with Gasteiger partial charge in [-0.05, 0) is 20.3 Å². The molecular formula is C17H23N3O3S. The molecule has 6 nitrogen and oxygen atoms in total. The molecule has 2 aromatic rings. The number of ether oxygens (including phenoxy) is 2. The van der Waals surface area contributed by atoms with E-state index in [4.69, 9.17) is 9.47 Å². The first-order valence-electron chi connectivity index (χ1n) is 8.56. The molecule has 2 saturated heterocycles. The third-order valence-corrected chi connectivity index (χ3v) is 5.76. The van der Waals surface area contributed by atoms with Gasteiger partial charge in [-0.2, -0.15) is 0 Å². The predicted octanol–water partition coefficient (Wildman–Crippen LogP) is 2.39.